The average molecular weight is 227 g/mol. The summed E-state index contributed by atoms with van der Waals surface area (Å²) in [6.07, 6.45) is 1.53. The van der Waals surface area contributed by atoms with Crippen molar-refractivity contribution >= 4 is 11.7 Å². The first-order chi connectivity index (χ1) is 8.20. The van der Waals surface area contributed by atoms with Crippen LogP contribution < -0.4 is 5.32 Å². The van der Waals surface area contributed by atoms with Gasteiger partial charge < -0.3 is 5.32 Å². The molecule has 0 aliphatic heterocycles. The summed E-state index contributed by atoms with van der Waals surface area (Å²) >= 11 is 0. The van der Waals surface area contributed by atoms with Gasteiger partial charge in [0, 0.05) is 6.07 Å². The lowest BCUT2D eigenvalue weighted by atomic mass is 10.2. The number of amides is 1. The fourth-order valence-electron chi connectivity index (χ4n) is 1.32. The Morgan fingerprint density at radius 3 is 2.88 bits per heavy atom. The zero-order valence-electron chi connectivity index (χ0n) is 9.06. The maximum absolute atomic E-state index is 11.8. The number of aromatic nitrogens is 3. The lowest BCUT2D eigenvalue weighted by Crippen LogP contribution is -2.14. The number of aryl methyl sites for hydroxylation is 1. The first-order valence-corrected chi connectivity index (χ1v) is 4.89. The zero-order valence-corrected chi connectivity index (χ0v) is 9.06. The molecule has 17 heavy (non-hydrogen) atoms. The highest BCUT2D eigenvalue weighted by molar-refractivity contribution is 6.02. The third-order valence-electron chi connectivity index (χ3n) is 2.19. The van der Waals surface area contributed by atoms with Gasteiger partial charge in [0.15, 0.2) is 0 Å². The number of nitrogens with zero attached hydrogens (tertiary/aromatic N) is 3. The number of carbonyl (C=O) groups excluding carboxylic acids is 1. The summed E-state index contributed by atoms with van der Waals surface area (Å²) < 4.78 is 0. The van der Waals surface area contributed by atoms with Crippen LogP contribution >= 0.6 is 0 Å². The molecule has 2 aromatic heterocycles. The van der Waals surface area contributed by atoms with Crippen LogP contribution in [0.25, 0.3) is 0 Å². The summed E-state index contributed by atoms with van der Waals surface area (Å²) in [5, 5.41) is 17.7. The molecular formula is C11H9N5O. The van der Waals surface area contributed by atoms with Crippen molar-refractivity contribution in [1.82, 2.24) is 15.2 Å². The Hall–Kier alpha value is -2.68. The van der Waals surface area contributed by atoms with E-state index in [-0.39, 0.29) is 11.6 Å². The summed E-state index contributed by atoms with van der Waals surface area (Å²) in [5.41, 5.74) is 1.25. The van der Waals surface area contributed by atoms with E-state index >= 15 is 0 Å². The highest BCUT2D eigenvalue weighted by atomic mass is 16.1. The molecule has 2 aromatic rings. The van der Waals surface area contributed by atoms with Crippen LogP contribution in [0.2, 0.25) is 0 Å². The van der Waals surface area contributed by atoms with Gasteiger partial charge in [0.2, 0.25) is 0 Å². The summed E-state index contributed by atoms with van der Waals surface area (Å²) in [6, 6.07) is 6.71. The predicted octanol–water partition coefficient (Wildman–Crippen LogP) is 1.24. The van der Waals surface area contributed by atoms with Crippen molar-refractivity contribution in [2.75, 3.05) is 5.32 Å². The zero-order chi connectivity index (χ0) is 12.3. The van der Waals surface area contributed by atoms with Gasteiger partial charge in [-0.2, -0.15) is 10.4 Å². The summed E-state index contributed by atoms with van der Waals surface area (Å²) in [4.78, 5) is 15.8. The van der Waals surface area contributed by atoms with Gasteiger partial charge in [0.25, 0.3) is 5.91 Å². The van der Waals surface area contributed by atoms with Crippen LogP contribution in [0.4, 0.5) is 5.82 Å². The van der Waals surface area contributed by atoms with Crippen LogP contribution in [0.5, 0.6) is 0 Å². The number of hydrogen-bond donors (Lipinski definition) is 2. The molecule has 2 heterocycles. The molecule has 0 radical (unpaired) electrons. The molecule has 0 aromatic carbocycles. The minimum absolute atomic E-state index is 0.260. The molecule has 0 spiro atoms. The molecule has 1 amide bonds. The molecule has 2 N–H and O–H groups in total. The molecule has 2 rings (SSSR count). The Labute approximate surface area is 97.3 Å². The molecule has 0 saturated carbocycles. The van der Waals surface area contributed by atoms with E-state index in [1.165, 1.54) is 12.3 Å². The highest BCUT2D eigenvalue weighted by Gasteiger charge is 2.10. The van der Waals surface area contributed by atoms with Crippen molar-refractivity contribution < 1.29 is 4.79 Å². The van der Waals surface area contributed by atoms with Gasteiger partial charge in [-0.15, -0.1) is 0 Å². The molecule has 0 fully saturated rings. The molecule has 0 atom stereocenters. The number of nitrogens with one attached hydrogen (secondary N) is 2. The van der Waals surface area contributed by atoms with Crippen LogP contribution in [-0.2, 0) is 0 Å². The maximum Gasteiger partial charge on any atom is 0.275 e. The monoisotopic (exact) mass is 227 g/mol. The largest absolute Gasteiger partial charge is 0.306 e. The Bertz CT molecular complexity index is 582. The SMILES string of the molecule is Cc1nc(C(=O)Nc2ccn[nH]2)ccc1C#N. The van der Waals surface area contributed by atoms with E-state index in [0.29, 0.717) is 17.1 Å². The second kappa shape index (κ2) is 4.45. The van der Waals surface area contributed by atoms with Gasteiger partial charge in [-0.25, -0.2) is 4.98 Å². The van der Waals surface area contributed by atoms with Gasteiger partial charge in [0.05, 0.1) is 17.5 Å². The third-order valence-corrected chi connectivity index (χ3v) is 2.19. The Morgan fingerprint density at radius 1 is 1.47 bits per heavy atom. The van der Waals surface area contributed by atoms with E-state index in [0.717, 1.165) is 0 Å². The van der Waals surface area contributed by atoms with Crippen molar-refractivity contribution in [2.45, 2.75) is 6.92 Å². The molecular weight excluding hydrogens is 218 g/mol. The second-order valence-corrected chi connectivity index (χ2v) is 3.37. The standard InChI is InChI=1S/C11H9N5O/c1-7-8(6-12)2-3-9(14-7)11(17)15-10-4-5-13-16-10/h2-5H,1H3,(H2,13,15,16,17). The number of pyridine rings is 1. The summed E-state index contributed by atoms with van der Waals surface area (Å²) in [6.45, 7) is 1.69. The Balaban J connectivity index is 2.21. The fourth-order valence-corrected chi connectivity index (χ4v) is 1.32. The fraction of sp³-hybridized carbons (Fsp3) is 0.0909. The van der Waals surface area contributed by atoms with Crippen molar-refractivity contribution in [3.05, 3.63) is 41.3 Å². The van der Waals surface area contributed by atoms with Gasteiger partial charge in [0.1, 0.15) is 17.6 Å². The molecule has 84 valence electrons. The quantitative estimate of drug-likeness (QED) is 0.806. The Morgan fingerprint density at radius 2 is 2.29 bits per heavy atom. The first-order valence-electron chi connectivity index (χ1n) is 4.89. The van der Waals surface area contributed by atoms with E-state index in [2.05, 4.69) is 20.5 Å². The third kappa shape index (κ3) is 2.29. The van der Waals surface area contributed by atoms with Gasteiger partial charge in [-0.1, -0.05) is 0 Å². The normalized spacial score (nSPS) is 9.65. The number of aromatic amines is 1. The lowest BCUT2D eigenvalue weighted by Gasteiger charge is -2.03. The van der Waals surface area contributed by atoms with Crippen LogP contribution in [0.3, 0.4) is 0 Å². The number of nitriles is 1. The van der Waals surface area contributed by atoms with E-state index in [1.807, 2.05) is 6.07 Å². The van der Waals surface area contributed by atoms with Crippen LogP contribution in [0.15, 0.2) is 24.4 Å². The summed E-state index contributed by atoms with van der Waals surface area (Å²) in [7, 11) is 0. The van der Waals surface area contributed by atoms with Crippen LogP contribution in [0, 0.1) is 18.3 Å². The van der Waals surface area contributed by atoms with E-state index in [9.17, 15) is 4.79 Å². The van der Waals surface area contributed by atoms with Crippen molar-refractivity contribution in [2.24, 2.45) is 0 Å². The molecule has 6 heteroatoms. The van der Waals surface area contributed by atoms with E-state index < -0.39 is 0 Å². The number of rotatable bonds is 2. The van der Waals surface area contributed by atoms with Gasteiger partial charge >= 0.3 is 0 Å². The minimum Gasteiger partial charge on any atom is -0.306 e. The minimum atomic E-state index is -0.346. The predicted molar refractivity (Wildman–Crippen MR) is 60.2 cm³/mol. The summed E-state index contributed by atoms with van der Waals surface area (Å²) in [5.74, 6) is 0.153. The number of anilines is 1. The van der Waals surface area contributed by atoms with Crippen LogP contribution in [-0.4, -0.2) is 21.1 Å². The molecule has 0 unspecified atom stereocenters. The number of carbonyl (C=O) groups is 1. The average Bonchev–Trinajstić information content (AvgIpc) is 2.81. The highest BCUT2D eigenvalue weighted by Crippen LogP contribution is 2.07. The van der Waals surface area contributed by atoms with Crippen molar-refractivity contribution in [1.29, 1.82) is 5.26 Å². The number of hydrogen-bond acceptors (Lipinski definition) is 4. The smallest absolute Gasteiger partial charge is 0.275 e. The lowest BCUT2D eigenvalue weighted by molar-refractivity contribution is 0.102. The topological polar surface area (TPSA) is 94.5 Å². The molecule has 6 nitrogen and oxygen atoms in total. The van der Waals surface area contributed by atoms with Crippen molar-refractivity contribution in [3.8, 4) is 6.07 Å². The van der Waals surface area contributed by atoms with Gasteiger partial charge in [-0.3, -0.25) is 9.89 Å². The molecule has 0 saturated heterocycles. The Kier molecular flexibility index (Phi) is 2.83. The van der Waals surface area contributed by atoms with Crippen molar-refractivity contribution in [3.63, 3.8) is 0 Å². The first kappa shape index (κ1) is 10.8. The van der Waals surface area contributed by atoms with E-state index in [1.54, 1.807) is 19.1 Å². The van der Waals surface area contributed by atoms with Crippen LogP contribution in [0.1, 0.15) is 21.7 Å². The molecule has 0 aliphatic carbocycles. The van der Waals surface area contributed by atoms with Gasteiger partial charge in [-0.05, 0) is 19.1 Å². The maximum atomic E-state index is 11.8. The molecule has 0 aliphatic rings. The molecule has 0 bridgehead atoms. The second-order valence-electron chi connectivity index (χ2n) is 3.37. The number of H-pyrrole nitrogens is 1. The van der Waals surface area contributed by atoms with E-state index in [4.69, 9.17) is 5.26 Å².